The van der Waals surface area contributed by atoms with Crippen LogP contribution in [0, 0.1) is 10.8 Å². The van der Waals surface area contributed by atoms with Crippen molar-refractivity contribution in [3.8, 4) is 5.75 Å². The summed E-state index contributed by atoms with van der Waals surface area (Å²) in [5.41, 5.74) is 2.36. The Bertz CT molecular complexity index is 894. The summed E-state index contributed by atoms with van der Waals surface area (Å²) in [6, 6.07) is 13.9. The van der Waals surface area contributed by atoms with Crippen molar-refractivity contribution in [3.63, 3.8) is 0 Å². The van der Waals surface area contributed by atoms with E-state index in [-0.39, 0.29) is 15.7 Å². The molecule has 2 aromatic rings. The van der Waals surface area contributed by atoms with Gasteiger partial charge >= 0.3 is 10.1 Å². The minimum Gasteiger partial charge on any atom is -0.379 e. The van der Waals surface area contributed by atoms with Crippen LogP contribution in [0.5, 0.6) is 5.75 Å². The van der Waals surface area contributed by atoms with E-state index in [4.69, 9.17) is 4.18 Å². The lowest BCUT2D eigenvalue weighted by Crippen LogP contribution is -2.23. The molecule has 3 nitrogen and oxygen atoms in total. The first kappa shape index (κ1) is 22.2. The summed E-state index contributed by atoms with van der Waals surface area (Å²) >= 11 is 0. The third-order valence-corrected chi connectivity index (χ3v) is 6.02. The molecule has 0 radical (unpaired) electrons. The Morgan fingerprint density at radius 2 is 1.46 bits per heavy atom. The molecule has 0 amide bonds. The molecule has 0 aliphatic rings. The van der Waals surface area contributed by atoms with E-state index in [1.807, 2.05) is 12.1 Å². The van der Waals surface area contributed by atoms with Crippen molar-refractivity contribution in [2.45, 2.75) is 58.8 Å². The maximum absolute atomic E-state index is 12.5. The highest BCUT2D eigenvalue weighted by Crippen LogP contribution is 2.43. The third kappa shape index (κ3) is 5.96. The highest BCUT2D eigenvalue weighted by atomic mass is 32.2. The zero-order valence-corrected chi connectivity index (χ0v) is 18.6. The minimum atomic E-state index is -3.86. The summed E-state index contributed by atoms with van der Waals surface area (Å²) in [6.07, 6.45) is 2.71. The quantitative estimate of drug-likeness (QED) is 0.509. The van der Waals surface area contributed by atoms with Crippen LogP contribution < -0.4 is 4.18 Å². The Hall–Kier alpha value is -2.07. The Morgan fingerprint density at radius 1 is 0.929 bits per heavy atom. The van der Waals surface area contributed by atoms with Gasteiger partial charge in [-0.15, -0.1) is 0 Å². The van der Waals surface area contributed by atoms with Crippen LogP contribution >= 0.6 is 0 Å². The molecule has 4 heteroatoms. The van der Waals surface area contributed by atoms with Crippen LogP contribution in [-0.4, -0.2) is 8.42 Å². The maximum Gasteiger partial charge on any atom is 0.339 e. The van der Waals surface area contributed by atoms with Crippen LogP contribution in [-0.2, 0) is 10.1 Å². The first-order valence-corrected chi connectivity index (χ1v) is 11.0. The van der Waals surface area contributed by atoms with E-state index in [9.17, 15) is 8.42 Å². The summed E-state index contributed by atoms with van der Waals surface area (Å²) in [6.45, 7) is 17.1. The SMILES string of the molecule is C=Cc1ccc(S(=O)(=O)Oc2ccc(C(CC(C)(C)C)C(C)(C)C)cc2)cc1. The van der Waals surface area contributed by atoms with Gasteiger partial charge in [-0.2, -0.15) is 8.42 Å². The van der Waals surface area contributed by atoms with Gasteiger partial charge < -0.3 is 4.18 Å². The van der Waals surface area contributed by atoms with Gasteiger partial charge in [0.25, 0.3) is 0 Å². The van der Waals surface area contributed by atoms with Crippen LogP contribution in [0.4, 0.5) is 0 Å². The molecular formula is C24H32O3S. The second kappa shape index (κ2) is 8.12. The van der Waals surface area contributed by atoms with Crippen LogP contribution in [0.3, 0.4) is 0 Å². The Balaban J connectivity index is 2.24. The Morgan fingerprint density at radius 3 is 1.89 bits per heavy atom. The summed E-state index contributed by atoms with van der Waals surface area (Å²) in [5, 5.41) is 0. The molecule has 0 spiro atoms. The van der Waals surface area contributed by atoms with E-state index in [0.29, 0.717) is 11.7 Å². The van der Waals surface area contributed by atoms with Crippen LogP contribution in [0.25, 0.3) is 6.08 Å². The standard InChI is InChI=1S/C24H32O3S/c1-8-18-9-15-21(16-10-18)28(25,26)27-20-13-11-19(12-14-20)22(24(5,6)7)17-23(2,3)4/h8-16,22H,1,17H2,2-7H3. The van der Waals surface area contributed by atoms with Crippen molar-refractivity contribution in [1.82, 2.24) is 0 Å². The van der Waals surface area contributed by atoms with Gasteiger partial charge in [0, 0.05) is 0 Å². The number of hydrogen-bond acceptors (Lipinski definition) is 3. The average Bonchev–Trinajstić information content (AvgIpc) is 2.59. The first-order chi connectivity index (χ1) is 12.8. The topological polar surface area (TPSA) is 43.4 Å². The Kier molecular flexibility index (Phi) is 6.44. The first-order valence-electron chi connectivity index (χ1n) is 9.59. The molecule has 0 saturated heterocycles. The van der Waals surface area contributed by atoms with Gasteiger partial charge in [0.2, 0.25) is 0 Å². The van der Waals surface area contributed by atoms with E-state index < -0.39 is 10.1 Å². The molecule has 0 bridgehead atoms. The summed E-state index contributed by atoms with van der Waals surface area (Å²) in [7, 11) is -3.86. The summed E-state index contributed by atoms with van der Waals surface area (Å²) < 4.78 is 30.4. The molecule has 2 rings (SSSR count). The van der Waals surface area contributed by atoms with Crippen LogP contribution in [0.15, 0.2) is 60.0 Å². The van der Waals surface area contributed by atoms with Crippen molar-refractivity contribution >= 4 is 16.2 Å². The normalized spacial score (nSPS) is 13.8. The van der Waals surface area contributed by atoms with Crippen LogP contribution in [0.1, 0.15) is 65.0 Å². The molecule has 1 unspecified atom stereocenters. The highest BCUT2D eigenvalue weighted by molar-refractivity contribution is 7.87. The van der Waals surface area contributed by atoms with Crippen molar-refractivity contribution in [2.75, 3.05) is 0 Å². The lowest BCUT2D eigenvalue weighted by molar-refractivity contribution is 0.229. The van der Waals surface area contributed by atoms with Crippen LogP contribution in [0.2, 0.25) is 0 Å². The van der Waals surface area contributed by atoms with E-state index in [1.165, 1.54) is 17.7 Å². The van der Waals surface area contributed by atoms with Crippen molar-refractivity contribution < 1.29 is 12.6 Å². The lowest BCUT2D eigenvalue weighted by Gasteiger charge is -2.36. The molecule has 0 aliphatic carbocycles. The number of benzene rings is 2. The van der Waals surface area contributed by atoms with E-state index in [1.54, 1.807) is 30.3 Å². The van der Waals surface area contributed by atoms with E-state index >= 15 is 0 Å². The number of rotatable bonds is 6. The highest BCUT2D eigenvalue weighted by Gasteiger charge is 2.30. The van der Waals surface area contributed by atoms with E-state index in [0.717, 1.165) is 12.0 Å². The largest absolute Gasteiger partial charge is 0.379 e. The zero-order chi connectivity index (χ0) is 21.2. The fraction of sp³-hybridized carbons (Fsp3) is 0.417. The predicted molar refractivity (Wildman–Crippen MR) is 117 cm³/mol. The lowest BCUT2D eigenvalue weighted by atomic mass is 9.69. The van der Waals surface area contributed by atoms with Crippen molar-refractivity contribution in [1.29, 1.82) is 0 Å². The zero-order valence-electron chi connectivity index (χ0n) is 17.8. The average molecular weight is 401 g/mol. The van der Waals surface area contributed by atoms with Gasteiger partial charge in [-0.1, -0.05) is 78.5 Å². The van der Waals surface area contributed by atoms with E-state index in [2.05, 4.69) is 48.1 Å². The fourth-order valence-electron chi connectivity index (χ4n) is 3.24. The van der Waals surface area contributed by atoms with Gasteiger partial charge in [-0.05, 0) is 58.6 Å². The van der Waals surface area contributed by atoms with Crippen molar-refractivity contribution in [3.05, 3.63) is 66.2 Å². The molecule has 1 atom stereocenters. The Labute approximate surface area is 170 Å². The predicted octanol–water partition coefficient (Wildman–Crippen LogP) is 6.66. The molecule has 0 N–H and O–H groups in total. The third-order valence-electron chi connectivity index (χ3n) is 4.75. The monoisotopic (exact) mass is 400 g/mol. The van der Waals surface area contributed by atoms with Gasteiger partial charge in [0.15, 0.2) is 0 Å². The number of hydrogen-bond donors (Lipinski definition) is 0. The molecule has 0 saturated carbocycles. The molecule has 152 valence electrons. The molecule has 0 heterocycles. The van der Waals surface area contributed by atoms with Gasteiger partial charge in [0.1, 0.15) is 10.6 Å². The molecular weight excluding hydrogens is 368 g/mol. The molecule has 0 fully saturated rings. The molecule has 28 heavy (non-hydrogen) atoms. The molecule has 0 aliphatic heterocycles. The van der Waals surface area contributed by atoms with Crippen molar-refractivity contribution in [2.24, 2.45) is 10.8 Å². The maximum atomic E-state index is 12.5. The second-order valence-electron chi connectivity index (χ2n) is 9.56. The minimum absolute atomic E-state index is 0.106. The van der Waals surface area contributed by atoms with Gasteiger partial charge in [0.05, 0.1) is 0 Å². The van der Waals surface area contributed by atoms with Gasteiger partial charge in [-0.25, -0.2) is 0 Å². The molecule has 2 aromatic carbocycles. The second-order valence-corrected chi connectivity index (χ2v) is 11.1. The summed E-state index contributed by atoms with van der Waals surface area (Å²) in [4.78, 5) is 0.127. The smallest absolute Gasteiger partial charge is 0.339 e. The fourth-order valence-corrected chi connectivity index (χ4v) is 4.17. The van der Waals surface area contributed by atoms with Gasteiger partial charge in [-0.3, -0.25) is 0 Å². The molecule has 0 aromatic heterocycles. The summed E-state index contributed by atoms with van der Waals surface area (Å²) in [5.74, 6) is 0.685.